The molecule has 0 saturated carbocycles. The minimum atomic E-state index is -2.39. The molecule has 2 rings (SSSR count). The van der Waals surface area contributed by atoms with E-state index < -0.39 is 6.43 Å². The van der Waals surface area contributed by atoms with Crippen molar-refractivity contribution in [1.82, 2.24) is 19.4 Å². The van der Waals surface area contributed by atoms with Crippen molar-refractivity contribution in [3.8, 4) is 0 Å². The van der Waals surface area contributed by atoms with Gasteiger partial charge in [0, 0.05) is 30.3 Å². The topological polar surface area (TPSA) is 54.2 Å². The van der Waals surface area contributed by atoms with E-state index in [4.69, 9.17) is 5.11 Å². The van der Waals surface area contributed by atoms with Crippen LogP contribution in [0.1, 0.15) is 12.2 Å². The molecule has 122 valence electrons. The lowest BCUT2D eigenvalue weighted by molar-refractivity contribution is 0.0772. The molecule has 0 bridgehead atoms. The summed E-state index contributed by atoms with van der Waals surface area (Å²) in [5.41, 5.74) is 1.61. The van der Waals surface area contributed by atoms with Crippen LogP contribution in [-0.2, 0) is 6.54 Å². The van der Waals surface area contributed by atoms with Gasteiger partial charge in [0.05, 0.1) is 18.7 Å². The highest BCUT2D eigenvalue weighted by Crippen LogP contribution is 2.19. The number of aliphatic hydroxyl groups is 1. The van der Waals surface area contributed by atoms with Crippen LogP contribution in [0.15, 0.2) is 16.7 Å². The van der Waals surface area contributed by atoms with E-state index in [1.165, 1.54) is 0 Å². The maximum atomic E-state index is 12.5. The number of halogens is 3. The van der Waals surface area contributed by atoms with Crippen LogP contribution in [0.4, 0.5) is 8.78 Å². The number of pyridine rings is 1. The van der Waals surface area contributed by atoms with Gasteiger partial charge in [0.2, 0.25) is 0 Å². The summed E-state index contributed by atoms with van der Waals surface area (Å²) in [6.07, 6.45) is 0.0125. The van der Waals surface area contributed by atoms with Crippen molar-refractivity contribution >= 4 is 27.1 Å². The first-order valence-electron chi connectivity index (χ1n) is 7.11. The van der Waals surface area contributed by atoms with Crippen LogP contribution in [0.25, 0.3) is 11.2 Å². The normalized spacial score (nSPS) is 12.0. The number of aryl methyl sites for hydroxylation is 2. The summed E-state index contributed by atoms with van der Waals surface area (Å²) in [5.74, 6) is 0.850. The number of rotatable bonds is 8. The zero-order chi connectivity index (χ0) is 16.1. The molecular weight excluding hydrogens is 358 g/mol. The average molecular weight is 377 g/mol. The summed E-state index contributed by atoms with van der Waals surface area (Å²) in [4.78, 5) is 10.2. The van der Waals surface area contributed by atoms with Crippen LogP contribution in [0.2, 0.25) is 0 Å². The lowest BCUT2D eigenvalue weighted by Crippen LogP contribution is -2.33. The Morgan fingerprint density at radius 2 is 2.18 bits per heavy atom. The van der Waals surface area contributed by atoms with Gasteiger partial charge < -0.3 is 9.67 Å². The number of alkyl halides is 2. The molecule has 2 aromatic heterocycles. The summed E-state index contributed by atoms with van der Waals surface area (Å²) in [5, 5.41) is 8.93. The molecule has 22 heavy (non-hydrogen) atoms. The first-order chi connectivity index (χ1) is 10.5. The predicted octanol–water partition coefficient (Wildman–Crippen LogP) is 2.45. The summed E-state index contributed by atoms with van der Waals surface area (Å²) in [7, 11) is 0. The zero-order valence-corrected chi connectivity index (χ0v) is 13.9. The largest absolute Gasteiger partial charge is 0.395 e. The van der Waals surface area contributed by atoms with Crippen LogP contribution >= 0.6 is 15.9 Å². The Morgan fingerprint density at radius 1 is 1.41 bits per heavy atom. The second kappa shape index (κ2) is 7.94. The first kappa shape index (κ1) is 17.2. The maximum absolute atomic E-state index is 12.5. The van der Waals surface area contributed by atoms with Crippen molar-refractivity contribution in [2.75, 3.05) is 26.2 Å². The summed E-state index contributed by atoms with van der Waals surface area (Å²) >= 11 is 3.39. The smallest absolute Gasteiger partial charge is 0.251 e. The van der Waals surface area contributed by atoms with Crippen LogP contribution in [0, 0.1) is 6.92 Å². The molecule has 0 atom stereocenters. The van der Waals surface area contributed by atoms with Crippen molar-refractivity contribution < 1.29 is 13.9 Å². The minimum absolute atomic E-state index is 0.114. The monoisotopic (exact) mass is 376 g/mol. The van der Waals surface area contributed by atoms with Crippen molar-refractivity contribution in [2.24, 2.45) is 0 Å². The molecule has 0 saturated heterocycles. The molecule has 5 nitrogen and oxygen atoms in total. The van der Waals surface area contributed by atoms with Gasteiger partial charge in [0.25, 0.3) is 6.43 Å². The van der Waals surface area contributed by atoms with Crippen LogP contribution in [0.3, 0.4) is 0 Å². The third kappa shape index (κ3) is 4.44. The van der Waals surface area contributed by atoms with Crippen LogP contribution in [0.5, 0.6) is 0 Å². The van der Waals surface area contributed by atoms with Gasteiger partial charge in [-0.3, -0.25) is 4.90 Å². The molecule has 0 aromatic carbocycles. The van der Waals surface area contributed by atoms with Crippen molar-refractivity contribution in [3.63, 3.8) is 0 Å². The molecule has 2 heterocycles. The first-order valence-corrected chi connectivity index (χ1v) is 7.90. The Hall–Kier alpha value is -1.12. The van der Waals surface area contributed by atoms with E-state index in [2.05, 4.69) is 25.9 Å². The van der Waals surface area contributed by atoms with Gasteiger partial charge in [-0.15, -0.1) is 0 Å². The summed E-state index contributed by atoms with van der Waals surface area (Å²) < 4.78 is 27.9. The van der Waals surface area contributed by atoms with Crippen molar-refractivity contribution in [3.05, 3.63) is 22.6 Å². The summed E-state index contributed by atoms with van der Waals surface area (Å²) in [6, 6.07) is 1.95. The second-order valence-electron chi connectivity index (χ2n) is 5.08. The lowest BCUT2D eigenvalue weighted by Gasteiger charge is -2.20. The van der Waals surface area contributed by atoms with Crippen LogP contribution < -0.4 is 0 Å². The van der Waals surface area contributed by atoms with Gasteiger partial charge >= 0.3 is 0 Å². The number of fused-ring (bicyclic) bond motifs is 1. The van der Waals surface area contributed by atoms with Crippen LogP contribution in [-0.4, -0.2) is 57.2 Å². The summed E-state index contributed by atoms with van der Waals surface area (Å²) in [6.45, 7) is 2.92. The lowest BCUT2D eigenvalue weighted by atomic mass is 10.3. The molecule has 8 heteroatoms. The van der Waals surface area contributed by atoms with E-state index in [1.807, 2.05) is 17.6 Å². The number of hydrogen-bond donors (Lipinski definition) is 1. The van der Waals surface area contributed by atoms with Gasteiger partial charge in [-0.1, -0.05) is 0 Å². The van der Waals surface area contributed by atoms with E-state index in [1.54, 1.807) is 11.1 Å². The van der Waals surface area contributed by atoms with E-state index in [0.717, 1.165) is 15.8 Å². The third-order valence-electron chi connectivity index (χ3n) is 3.43. The minimum Gasteiger partial charge on any atom is -0.395 e. The molecule has 0 spiro atoms. The number of nitrogens with zero attached hydrogens (tertiary/aromatic N) is 4. The SMILES string of the molecule is Cc1nc2ncc(Br)cc2n1CCCN(CCO)CC(F)F. The zero-order valence-electron chi connectivity index (χ0n) is 12.3. The Balaban J connectivity index is 2.01. The molecule has 0 radical (unpaired) electrons. The average Bonchev–Trinajstić information content (AvgIpc) is 2.74. The highest BCUT2D eigenvalue weighted by atomic mass is 79.9. The van der Waals surface area contributed by atoms with E-state index >= 15 is 0 Å². The predicted molar refractivity (Wildman–Crippen MR) is 84.1 cm³/mol. The fraction of sp³-hybridized carbons (Fsp3) is 0.571. The van der Waals surface area contributed by atoms with Gasteiger partial charge in [-0.05, 0) is 35.3 Å². The molecule has 0 aliphatic rings. The quantitative estimate of drug-likeness (QED) is 0.768. The van der Waals surface area contributed by atoms with Crippen molar-refractivity contribution in [2.45, 2.75) is 26.3 Å². The highest BCUT2D eigenvalue weighted by molar-refractivity contribution is 9.10. The molecule has 1 N–H and O–H groups in total. The Kier molecular flexibility index (Phi) is 6.22. The number of aromatic nitrogens is 3. The molecule has 2 aromatic rings. The second-order valence-corrected chi connectivity index (χ2v) is 5.99. The Bertz CT molecular complexity index is 620. The van der Waals surface area contributed by atoms with Gasteiger partial charge in [0.15, 0.2) is 5.65 Å². The molecule has 0 aliphatic carbocycles. The number of hydrogen-bond acceptors (Lipinski definition) is 4. The fourth-order valence-electron chi connectivity index (χ4n) is 2.46. The molecule has 0 unspecified atom stereocenters. The Morgan fingerprint density at radius 3 is 2.86 bits per heavy atom. The highest BCUT2D eigenvalue weighted by Gasteiger charge is 2.13. The van der Waals surface area contributed by atoms with Gasteiger partial charge in [-0.25, -0.2) is 18.7 Å². The third-order valence-corrected chi connectivity index (χ3v) is 3.87. The molecule has 0 amide bonds. The molecule has 0 aliphatic heterocycles. The fourth-order valence-corrected chi connectivity index (χ4v) is 2.78. The molecule has 0 fully saturated rings. The number of aliphatic hydroxyl groups excluding tert-OH is 1. The van der Waals surface area contributed by atoms with E-state index in [0.29, 0.717) is 25.2 Å². The van der Waals surface area contributed by atoms with E-state index in [-0.39, 0.29) is 19.7 Å². The molecular formula is C14H19BrF2N4O. The number of imidazole rings is 1. The van der Waals surface area contributed by atoms with Gasteiger partial charge in [0.1, 0.15) is 5.82 Å². The van der Waals surface area contributed by atoms with Crippen molar-refractivity contribution in [1.29, 1.82) is 0 Å². The Labute approximate surface area is 136 Å². The maximum Gasteiger partial charge on any atom is 0.251 e. The van der Waals surface area contributed by atoms with Gasteiger partial charge in [-0.2, -0.15) is 0 Å². The standard InChI is InChI=1S/C14H19BrF2N4O/c1-10-19-14-12(7-11(15)8-18-14)21(10)4-2-3-20(5-6-22)9-13(16)17/h7-8,13,22H,2-6,9H2,1H3. The van der Waals surface area contributed by atoms with E-state index in [9.17, 15) is 8.78 Å².